The van der Waals surface area contributed by atoms with E-state index in [1.54, 1.807) is 24.7 Å². The molecule has 0 radical (unpaired) electrons. The Morgan fingerprint density at radius 1 is 1.24 bits per heavy atom. The van der Waals surface area contributed by atoms with E-state index in [0.717, 1.165) is 6.26 Å². The third-order valence-corrected chi connectivity index (χ3v) is 7.17. The number of hydrogen-bond donors (Lipinski definition) is 1. The maximum atomic E-state index is 12.5. The predicted molar refractivity (Wildman–Crippen MR) is 120 cm³/mol. The van der Waals surface area contributed by atoms with Crippen LogP contribution in [-0.2, 0) is 33.8 Å². The van der Waals surface area contributed by atoms with E-state index in [2.05, 4.69) is 19.7 Å². The average molecular weight is 499 g/mol. The van der Waals surface area contributed by atoms with Crippen molar-refractivity contribution in [3.63, 3.8) is 0 Å². The van der Waals surface area contributed by atoms with Gasteiger partial charge in [0.25, 0.3) is 0 Å². The van der Waals surface area contributed by atoms with Crippen LogP contribution in [0.5, 0.6) is 0 Å². The molecule has 4 atom stereocenters. The number of rotatable bonds is 9. The molecule has 2 N–H and O–H groups in total. The van der Waals surface area contributed by atoms with Crippen molar-refractivity contribution < 1.29 is 32.2 Å². The van der Waals surface area contributed by atoms with Crippen molar-refractivity contribution in [1.82, 2.24) is 23.8 Å². The van der Waals surface area contributed by atoms with E-state index in [-0.39, 0.29) is 31.3 Å². The van der Waals surface area contributed by atoms with E-state index in [1.807, 2.05) is 0 Å². The molecule has 13 nitrogen and oxygen atoms in total. The summed E-state index contributed by atoms with van der Waals surface area (Å²) in [6, 6.07) is 0. The highest BCUT2D eigenvalue weighted by atomic mass is 32.2. The van der Waals surface area contributed by atoms with Crippen molar-refractivity contribution in [1.29, 1.82) is 0 Å². The van der Waals surface area contributed by atoms with Gasteiger partial charge in [-0.1, -0.05) is 0 Å². The number of methoxy groups -OCH3 is 1. The number of unbranched alkanes of at least 4 members (excludes halogenated alkanes) is 1. The number of sulfonamides is 1. The summed E-state index contributed by atoms with van der Waals surface area (Å²) in [4.78, 5) is 23.9. The molecule has 2 saturated heterocycles. The van der Waals surface area contributed by atoms with Gasteiger partial charge >= 0.3 is 5.97 Å². The molecule has 4 heterocycles. The molecular weight excluding hydrogens is 468 g/mol. The molecule has 2 aromatic rings. The van der Waals surface area contributed by atoms with E-state index in [4.69, 9.17) is 19.9 Å². The Kier molecular flexibility index (Phi) is 6.79. The summed E-state index contributed by atoms with van der Waals surface area (Å²) in [6.45, 7) is 3.90. The van der Waals surface area contributed by atoms with Gasteiger partial charge in [-0.3, -0.25) is 9.36 Å². The molecule has 2 aliphatic rings. The Morgan fingerprint density at radius 3 is 2.68 bits per heavy atom. The fraction of sp³-hybridized carbons (Fsp3) is 0.700. The van der Waals surface area contributed by atoms with E-state index in [0.29, 0.717) is 24.0 Å². The lowest BCUT2D eigenvalue weighted by Crippen LogP contribution is -2.42. The van der Waals surface area contributed by atoms with Crippen molar-refractivity contribution in [2.24, 2.45) is 0 Å². The van der Waals surface area contributed by atoms with Crippen LogP contribution in [0.3, 0.4) is 0 Å². The summed E-state index contributed by atoms with van der Waals surface area (Å²) in [6.07, 6.45) is 2.97. The molecule has 2 aliphatic heterocycles. The van der Waals surface area contributed by atoms with Crippen molar-refractivity contribution in [3.8, 4) is 0 Å². The minimum atomic E-state index is -3.54. The number of carbonyl (C=O) groups is 1. The van der Waals surface area contributed by atoms with Gasteiger partial charge in [0.1, 0.15) is 30.2 Å². The van der Waals surface area contributed by atoms with Crippen LogP contribution in [0.1, 0.15) is 39.3 Å². The second kappa shape index (κ2) is 9.34. The first-order chi connectivity index (χ1) is 16.0. The Hall–Kier alpha value is -2.39. The van der Waals surface area contributed by atoms with Crippen molar-refractivity contribution >= 4 is 33.0 Å². The number of fused-ring (bicyclic) bond motifs is 2. The minimum Gasteiger partial charge on any atom is -0.469 e. The highest BCUT2D eigenvalue weighted by Crippen LogP contribution is 2.44. The maximum absolute atomic E-state index is 12.5. The number of aromatic nitrogens is 4. The Morgan fingerprint density at radius 2 is 1.97 bits per heavy atom. The number of nitrogens with zero attached hydrogens (tertiary/aromatic N) is 5. The number of ether oxygens (including phenoxy) is 4. The van der Waals surface area contributed by atoms with Crippen LogP contribution >= 0.6 is 0 Å². The lowest BCUT2D eigenvalue weighted by atomic mass is 10.1. The fourth-order valence-corrected chi connectivity index (χ4v) is 5.22. The van der Waals surface area contributed by atoms with Gasteiger partial charge in [-0.25, -0.2) is 23.4 Å². The summed E-state index contributed by atoms with van der Waals surface area (Å²) in [5, 5.41) is 0. The summed E-state index contributed by atoms with van der Waals surface area (Å²) >= 11 is 0. The van der Waals surface area contributed by atoms with Gasteiger partial charge in [0.15, 0.2) is 23.5 Å². The van der Waals surface area contributed by atoms with Crippen LogP contribution in [0.15, 0.2) is 12.7 Å². The Labute approximate surface area is 197 Å². The molecule has 34 heavy (non-hydrogen) atoms. The average Bonchev–Trinajstić information content (AvgIpc) is 3.41. The molecule has 0 saturated carbocycles. The van der Waals surface area contributed by atoms with Gasteiger partial charge in [0, 0.05) is 19.5 Å². The number of hydrogen-bond acceptors (Lipinski definition) is 11. The normalized spacial score (nSPS) is 26.3. The molecule has 188 valence electrons. The molecule has 0 aliphatic carbocycles. The molecule has 0 unspecified atom stereocenters. The number of nitrogen functional groups attached to an aromatic ring is 1. The smallest absolute Gasteiger partial charge is 0.305 e. The van der Waals surface area contributed by atoms with Crippen LogP contribution < -0.4 is 5.73 Å². The van der Waals surface area contributed by atoms with Crippen LogP contribution in [-0.4, -0.2) is 88.8 Å². The van der Waals surface area contributed by atoms with E-state index < -0.39 is 40.4 Å². The summed E-state index contributed by atoms with van der Waals surface area (Å²) in [7, 11) is -2.22. The summed E-state index contributed by atoms with van der Waals surface area (Å²) in [5.41, 5.74) is 6.84. The lowest BCUT2D eigenvalue weighted by Gasteiger charge is -2.28. The molecule has 0 bridgehead atoms. The molecular formula is C20H30N6O7S. The molecule has 4 rings (SSSR count). The van der Waals surface area contributed by atoms with Crippen LogP contribution in [0.4, 0.5) is 5.82 Å². The van der Waals surface area contributed by atoms with Crippen molar-refractivity contribution in [2.45, 2.75) is 63.4 Å². The zero-order valence-corrected chi connectivity index (χ0v) is 20.4. The van der Waals surface area contributed by atoms with E-state index in [1.165, 1.54) is 17.7 Å². The molecule has 0 amide bonds. The van der Waals surface area contributed by atoms with E-state index >= 15 is 0 Å². The van der Waals surface area contributed by atoms with Gasteiger partial charge < -0.3 is 24.7 Å². The quantitative estimate of drug-likeness (QED) is 0.377. The highest BCUT2D eigenvalue weighted by molar-refractivity contribution is 7.88. The number of esters is 1. The number of anilines is 1. The SMILES string of the molecule is COC(=O)CCCCN(C[C@H]1O[C@@H](n2cnc3c(N)ncnc32)[C@@H]2OC(C)(C)O[C@@H]21)S(C)(=O)=O. The van der Waals surface area contributed by atoms with E-state index in [9.17, 15) is 13.2 Å². The largest absolute Gasteiger partial charge is 0.469 e. The zero-order chi connectivity index (χ0) is 24.7. The summed E-state index contributed by atoms with van der Waals surface area (Å²) < 4.78 is 51.2. The molecule has 14 heteroatoms. The second-order valence-corrected chi connectivity index (χ2v) is 10.8. The number of nitrogens with two attached hydrogens (primary N) is 1. The van der Waals surface area contributed by atoms with Crippen LogP contribution in [0.2, 0.25) is 0 Å². The molecule has 2 aromatic heterocycles. The Bertz CT molecular complexity index is 1150. The molecule has 0 aromatic carbocycles. The second-order valence-electron chi connectivity index (χ2n) is 8.87. The van der Waals surface area contributed by atoms with Gasteiger partial charge in [-0.2, -0.15) is 4.31 Å². The fourth-order valence-electron chi connectivity index (χ4n) is 4.34. The van der Waals surface area contributed by atoms with Crippen LogP contribution in [0.25, 0.3) is 11.2 Å². The van der Waals surface area contributed by atoms with Gasteiger partial charge in [-0.15, -0.1) is 0 Å². The van der Waals surface area contributed by atoms with Gasteiger partial charge in [0.2, 0.25) is 10.0 Å². The van der Waals surface area contributed by atoms with Crippen LogP contribution in [0, 0.1) is 0 Å². The first-order valence-corrected chi connectivity index (χ1v) is 12.8. The molecule has 0 spiro atoms. The van der Waals surface area contributed by atoms with Crippen molar-refractivity contribution in [2.75, 3.05) is 32.2 Å². The monoisotopic (exact) mass is 498 g/mol. The third-order valence-electron chi connectivity index (χ3n) is 5.91. The third kappa shape index (κ3) is 5.00. The minimum absolute atomic E-state index is 0.0674. The highest BCUT2D eigenvalue weighted by Gasteiger charge is 2.56. The van der Waals surface area contributed by atoms with Crippen molar-refractivity contribution in [3.05, 3.63) is 12.7 Å². The standard InChI is InChI=1S/C20H30N6O7S/c1-20(2)32-15-12(9-25(34(4,28)29)8-6-5-7-13(27)30-3)31-19(16(15)33-20)26-11-24-14-17(21)22-10-23-18(14)26/h10-12,15-16,19H,5-9H2,1-4H3,(H2,21,22,23)/t12-,15-,16-,19-/m1/s1. The summed E-state index contributed by atoms with van der Waals surface area (Å²) in [5.74, 6) is -0.961. The zero-order valence-electron chi connectivity index (χ0n) is 19.6. The number of imidazole rings is 1. The first kappa shape index (κ1) is 24.7. The number of carbonyl (C=O) groups excluding carboxylic acids is 1. The topological polar surface area (TPSA) is 161 Å². The predicted octanol–water partition coefficient (Wildman–Crippen LogP) is 0.431. The lowest BCUT2D eigenvalue weighted by molar-refractivity contribution is -0.196. The first-order valence-electron chi connectivity index (χ1n) is 11.0. The maximum Gasteiger partial charge on any atom is 0.305 e. The van der Waals surface area contributed by atoms with Gasteiger partial charge in [0.05, 0.1) is 19.7 Å². The molecule has 2 fully saturated rings. The Balaban J connectivity index is 1.55. The van der Waals surface area contributed by atoms with Gasteiger partial charge in [-0.05, 0) is 26.7 Å².